The first-order valence-electron chi connectivity index (χ1n) is 9.85. The van der Waals surface area contributed by atoms with Crippen molar-refractivity contribution in [3.63, 3.8) is 0 Å². The van der Waals surface area contributed by atoms with Gasteiger partial charge >= 0.3 is 0 Å². The van der Waals surface area contributed by atoms with Crippen molar-refractivity contribution >= 4 is 44.5 Å². The molecule has 0 amide bonds. The maximum absolute atomic E-state index is 13.1. The molecule has 2 N–H and O–H groups in total. The van der Waals surface area contributed by atoms with E-state index >= 15 is 0 Å². The third-order valence-corrected chi connectivity index (χ3v) is 8.50. The van der Waals surface area contributed by atoms with E-state index in [4.69, 9.17) is 5.14 Å². The van der Waals surface area contributed by atoms with Gasteiger partial charge in [-0.25, -0.2) is 18.5 Å². The second-order valence-electron chi connectivity index (χ2n) is 7.90. The van der Waals surface area contributed by atoms with Crippen LogP contribution >= 0.6 is 23.1 Å². The van der Waals surface area contributed by atoms with Crippen molar-refractivity contribution < 1.29 is 13.2 Å². The lowest BCUT2D eigenvalue weighted by atomic mass is 9.96. The van der Waals surface area contributed by atoms with E-state index in [1.165, 1.54) is 0 Å². The molecule has 0 fully saturated rings. The van der Waals surface area contributed by atoms with Crippen LogP contribution in [0.15, 0.2) is 57.7 Å². The molecule has 6 nitrogen and oxygen atoms in total. The number of benzene rings is 1. The number of thiophene rings is 1. The average molecular weight is 474 g/mol. The van der Waals surface area contributed by atoms with E-state index in [2.05, 4.69) is 4.98 Å². The molecule has 2 aromatic heterocycles. The van der Waals surface area contributed by atoms with E-state index in [0.29, 0.717) is 18.5 Å². The number of allylic oxidation sites excluding steroid dienone is 1. The van der Waals surface area contributed by atoms with Gasteiger partial charge in [-0.1, -0.05) is 32.0 Å². The molecule has 0 aliphatic carbocycles. The summed E-state index contributed by atoms with van der Waals surface area (Å²) in [5.74, 6) is 0.965. The molecule has 1 aliphatic rings. The Morgan fingerprint density at radius 3 is 2.71 bits per heavy atom. The summed E-state index contributed by atoms with van der Waals surface area (Å²) in [4.78, 5) is 17.6. The molecular weight excluding hydrogens is 450 g/mol. The van der Waals surface area contributed by atoms with Crippen LogP contribution < -0.4 is 5.14 Å². The number of ketones is 1. The van der Waals surface area contributed by atoms with Crippen molar-refractivity contribution in [3.8, 4) is 11.4 Å². The molecular formula is C22H23N3O3S3. The standard InChI is InChI=1S/C22H23N3O3S3/c1-14(2)10-18-20(26)19(22(30-18)31(23,27)28)16-5-3-4-15(11-16)12-25-8-7-24-21(25)17-6-9-29-13-17/h3-9,11,13-14,18H,10,12H2,1-2H3,(H2,23,27,28). The van der Waals surface area contributed by atoms with Crippen molar-refractivity contribution in [2.24, 2.45) is 11.1 Å². The Balaban J connectivity index is 1.69. The fraction of sp³-hybridized carbons (Fsp3) is 0.273. The molecule has 0 saturated heterocycles. The SMILES string of the molecule is CC(C)CC1SC(S(N)(=O)=O)=C(c2cccc(Cn3ccnc3-c3ccsc3)c2)C1=O. The Hall–Kier alpha value is -2.20. The molecule has 0 saturated carbocycles. The van der Waals surface area contributed by atoms with Crippen molar-refractivity contribution in [1.29, 1.82) is 0 Å². The predicted molar refractivity (Wildman–Crippen MR) is 127 cm³/mol. The van der Waals surface area contributed by atoms with Crippen LogP contribution in [0, 0.1) is 5.92 Å². The van der Waals surface area contributed by atoms with Crippen LogP contribution in [0.25, 0.3) is 17.0 Å². The lowest BCUT2D eigenvalue weighted by Crippen LogP contribution is -2.16. The van der Waals surface area contributed by atoms with Gasteiger partial charge in [0, 0.05) is 29.9 Å². The van der Waals surface area contributed by atoms with E-state index in [-0.39, 0.29) is 21.5 Å². The van der Waals surface area contributed by atoms with E-state index in [9.17, 15) is 13.2 Å². The first-order valence-corrected chi connectivity index (χ1v) is 13.2. The zero-order valence-corrected chi connectivity index (χ0v) is 19.6. The summed E-state index contributed by atoms with van der Waals surface area (Å²) in [6, 6.07) is 9.46. The second-order valence-corrected chi connectivity index (χ2v) is 11.6. The molecule has 3 heterocycles. The number of sulfonamides is 1. The molecule has 162 valence electrons. The predicted octanol–water partition coefficient (Wildman–Crippen LogP) is 4.35. The summed E-state index contributed by atoms with van der Waals surface area (Å²) in [5.41, 5.74) is 2.79. The molecule has 0 radical (unpaired) electrons. The summed E-state index contributed by atoms with van der Waals surface area (Å²) < 4.78 is 26.5. The molecule has 31 heavy (non-hydrogen) atoms. The highest BCUT2D eigenvalue weighted by atomic mass is 32.3. The summed E-state index contributed by atoms with van der Waals surface area (Å²) >= 11 is 2.68. The highest BCUT2D eigenvalue weighted by Gasteiger charge is 2.39. The van der Waals surface area contributed by atoms with Gasteiger partial charge in [0.1, 0.15) is 10.1 Å². The van der Waals surface area contributed by atoms with E-state index in [1.54, 1.807) is 23.6 Å². The highest BCUT2D eigenvalue weighted by Crippen LogP contribution is 2.44. The third kappa shape index (κ3) is 4.69. The molecule has 0 spiro atoms. The molecule has 4 rings (SSSR count). The largest absolute Gasteiger partial charge is 0.327 e. The van der Waals surface area contributed by atoms with E-state index < -0.39 is 15.3 Å². The topological polar surface area (TPSA) is 95.1 Å². The van der Waals surface area contributed by atoms with Gasteiger partial charge in [-0.3, -0.25) is 4.79 Å². The number of nitrogens with two attached hydrogens (primary N) is 1. The molecule has 0 bridgehead atoms. The summed E-state index contributed by atoms with van der Waals surface area (Å²) in [5, 5.41) is 9.10. The lowest BCUT2D eigenvalue weighted by molar-refractivity contribution is -0.113. The van der Waals surface area contributed by atoms with Crippen molar-refractivity contribution in [1.82, 2.24) is 9.55 Å². The zero-order valence-electron chi connectivity index (χ0n) is 17.2. The number of hydrogen-bond donors (Lipinski definition) is 1. The number of hydrogen-bond acceptors (Lipinski definition) is 6. The van der Waals surface area contributed by atoms with Crippen LogP contribution in [-0.4, -0.2) is 29.0 Å². The normalized spacial score (nSPS) is 17.2. The fourth-order valence-electron chi connectivity index (χ4n) is 3.67. The van der Waals surface area contributed by atoms with Crippen LogP contribution in [0.5, 0.6) is 0 Å². The quantitative estimate of drug-likeness (QED) is 0.550. The molecule has 1 unspecified atom stereocenters. The van der Waals surface area contributed by atoms with E-state index in [0.717, 1.165) is 28.7 Å². The molecule has 1 atom stereocenters. The minimum absolute atomic E-state index is 0.0260. The van der Waals surface area contributed by atoms with Gasteiger partial charge in [0.2, 0.25) is 10.0 Å². The van der Waals surface area contributed by atoms with Gasteiger partial charge in [0.05, 0.1) is 10.8 Å². The third-order valence-electron chi connectivity index (χ3n) is 5.00. The summed E-state index contributed by atoms with van der Waals surface area (Å²) in [6.45, 7) is 4.58. The highest BCUT2D eigenvalue weighted by molar-refractivity contribution is 8.19. The van der Waals surface area contributed by atoms with Gasteiger partial charge in [-0.15, -0.1) is 11.8 Å². The average Bonchev–Trinajstić information content (AvgIpc) is 3.42. The van der Waals surface area contributed by atoms with Crippen LogP contribution in [0.4, 0.5) is 0 Å². The van der Waals surface area contributed by atoms with Gasteiger partial charge in [0.25, 0.3) is 0 Å². The number of carbonyl (C=O) groups is 1. The number of primary sulfonamides is 1. The maximum Gasteiger partial charge on any atom is 0.244 e. The Labute approximate surface area is 190 Å². The minimum atomic E-state index is -3.99. The number of carbonyl (C=O) groups excluding carboxylic acids is 1. The molecule has 9 heteroatoms. The van der Waals surface area contributed by atoms with Crippen LogP contribution in [0.3, 0.4) is 0 Å². The number of thioether (sulfide) groups is 1. The monoisotopic (exact) mass is 473 g/mol. The first kappa shape index (κ1) is 22.0. The van der Waals surface area contributed by atoms with Crippen LogP contribution in [-0.2, 0) is 21.4 Å². The Morgan fingerprint density at radius 2 is 2.03 bits per heavy atom. The van der Waals surface area contributed by atoms with Gasteiger partial charge in [-0.05, 0) is 41.0 Å². The molecule has 3 aromatic rings. The van der Waals surface area contributed by atoms with Crippen molar-refractivity contribution in [3.05, 3.63) is 68.8 Å². The second kappa shape index (κ2) is 8.74. The van der Waals surface area contributed by atoms with Crippen LogP contribution in [0.1, 0.15) is 31.4 Å². The van der Waals surface area contributed by atoms with Crippen molar-refractivity contribution in [2.45, 2.75) is 32.1 Å². The number of nitrogens with zero attached hydrogens (tertiary/aromatic N) is 2. The summed E-state index contributed by atoms with van der Waals surface area (Å²) in [7, 11) is -3.99. The number of rotatable bonds is 7. The van der Waals surface area contributed by atoms with Crippen LogP contribution in [0.2, 0.25) is 0 Å². The minimum Gasteiger partial charge on any atom is -0.327 e. The maximum atomic E-state index is 13.1. The Kier molecular flexibility index (Phi) is 6.20. The zero-order chi connectivity index (χ0) is 22.2. The summed E-state index contributed by atoms with van der Waals surface area (Å²) in [6.07, 6.45) is 4.26. The van der Waals surface area contributed by atoms with E-state index in [1.807, 2.05) is 59.6 Å². The Bertz CT molecular complexity index is 1240. The van der Waals surface area contributed by atoms with Gasteiger partial charge in [-0.2, -0.15) is 11.3 Å². The van der Waals surface area contributed by atoms with Crippen molar-refractivity contribution in [2.75, 3.05) is 0 Å². The van der Waals surface area contributed by atoms with Gasteiger partial charge in [0.15, 0.2) is 5.78 Å². The lowest BCUT2D eigenvalue weighted by Gasteiger charge is -2.12. The molecule has 1 aliphatic heterocycles. The smallest absolute Gasteiger partial charge is 0.244 e. The molecule has 1 aromatic carbocycles. The first-order chi connectivity index (χ1) is 14.7. The number of imidazole rings is 1. The fourth-order valence-corrected chi connectivity index (χ4v) is 6.99. The number of Topliss-reactive ketones (excluding diaryl/α,β-unsaturated/α-hetero) is 1. The Morgan fingerprint density at radius 1 is 1.23 bits per heavy atom. The van der Waals surface area contributed by atoms with Gasteiger partial charge < -0.3 is 4.57 Å². The number of aromatic nitrogens is 2.